The van der Waals surface area contributed by atoms with Crippen LogP contribution in [-0.4, -0.2) is 40.6 Å². The molecular formula is C24H51O4P. The van der Waals surface area contributed by atoms with Gasteiger partial charge in [-0.2, -0.15) is 0 Å². The molecule has 0 rings (SSSR count). The molecule has 0 unspecified atom stereocenters. The molecule has 0 aliphatic carbocycles. The second kappa shape index (κ2) is 22.8. The topological polar surface area (TPSA) is 77.8 Å². The Balaban J connectivity index is 3.31. The molecular weight excluding hydrogens is 383 g/mol. The fourth-order valence-corrected chi connectivity index (χ4v) is 5.54. The highest BCUT2D eigenvalue weighted by atomic mass is 31.2. The minimum absolute atomic E-state index is 0.321. The highest BCUT2D eigenvalue weighted by Gasteiger charge is 2.16. The predicted octanol–water partition coefficient (Wildman–Crippen LogP) is 7.04. The third-order valence-electron chi connectivity index (χ3n) is 5.83. The van der Waals surface area contributed by atoms with Crippen LogP contribution < -0.4 is 0 Å². The van der Waals surface area contributed by atoms with Crippen LogP contribution in [0.2, 0.25) is 0 Å². The number of hydrogen-bond donors (Lipinski definition) is 3. The quantitative estimate of drug-likeness (QED) is 0.112. The zero-order chi connectivity index (χ0) is 21.5. The van der Waals surface area contributed by atoms with Crippen LogP contribution in [0, 0.1) is 0 Å². The van der Waals surface area contributed by atoms with E-state index in [0.717, 1.165) is 51.4 Å². The average molecular weight is 435 g/mol. The second-order valence-electron chi connectivity index (χ2n) is 8.81. The van der Waals surface area contributed by atoms with Gasteiger partial charge in [0.15, 0.2) is 0 Å². The molecule has 0 aromatic carbocycles. The lowest BCUT2D eigenvalue weighted by Gasteiger charge is -2.11. The molecule has 29 heavy (non-hydrogen) atoms. The first-order valence-electron chi connectivity index (χ1n) is 12.6. The van der Waals surface area contributed by atoms with Crippen LogP contribution in [0.4, 0.5) is 0 Å². The first kappa shape index (κ1) is 29.1. The summed E-state index contributed by atoms with van der Waals surface area (Å²) in [5.41, 5.74) is 0. The van der Waals surface area contributed by atoms with Crippen molar-refractivity contribution < 1.29 is 19.7 Å². The van der Waals surface area contributed by atoms with Crippen LogP contribution >= 0.6 is 7.37 Å². The van der Waals surface area contributed by atoms with Crippen molar-refractivity contribution in [3.63, 3.8) is 0 Å². The van der Waals surface area contributed by atoms with Crippen molar-refractivity contribution >= 4 is 7.37 Å². The summed E-state index contributed by atoms with van der Waals surface area (Å²) in [7, 11) is -2.89. The molecule has 0 heterocycles. The maximum Gasteiger partial charge on any atom is 0.200 e. The van der Waals surface area contributed by atoms with E-state index in [0.29, 0.717) is 25.5 Å². The van der Waals surface area contributed by atoms with Gasteiger partial charge in [0.05, 0.1) is 0 Å². The lowest BCUT2D eigenvalue weighted by Crippen LogP contribution is -1.96. The maximum absolute atomic E-state index is 12.3. The molecule has 0 aromatic rings. The predicted molar refractivity (Wildman–Crippen MR) is 126 cm³/mol. The zero-order valence-electron chi connectivity index (χ0n) is 19.2. The molecule has 0 aliphatic heterocycles. The van der Waals surface area contributed by atoms with Gasteiger partial charge < -0.3 is 15.1 Å². The smallest absolute Gasteiger partial charge is 0.200 e. The third-order valence-corrected chi connectivity index (χ3v) is 7.86. The SMILES string of the molecule is O=P(O)(CCCCCCCCCCCCO)CCCCCCCCCCCCO. The van der Waals surface area contributed by atoms with Crippen LogP contribution in [0.15, 0.2) is 0 Å². The van der Waals surface area contributed by atoms with Crippen molar-refractivity contribution in [1.29, 1.82) is 0 Å². The average Bonchev–Trinajstić information content (AvgIpc) is 2.70. The standard InChI is InChI=1S/C24H51O4P/c25-21-17-13-9-5-1-3-7-11-15-19-23-29(27,28)24-20-16-12-8-4-2-6-10-14-18-22-26/h25-26H,1-24H2,(H,27,28). The van der Waals surface area contributed by atoms with E-state index in [1.165, 1.54) is 77.0 Å². The van der Waals surface area contributed by atoms with Crippen molar-refractivity contribution in [2.24, 2.45) is 0 Å². The monoisotopic (exact) mass is 434 g/mol. The summed E-state index contributed by atoms with van der Waals surface area (Å²) >= 11 is 0. The van der Waals surface area contributed by atoms with E-state index in [2.05, 4.69) is 0 Å². The molecule has 0 radical (unpaired) electrons. The number of rotatable bonds is 24. The molecule has 0 atom stereocenters. The van der Waals surface area contributed by atoms with Gasteiger partial charge in [-0.1, -0.05) is 103 Å². The van der Waals surface area contributed by atoms with Crippen molar-refractivity contribution in [2.45, 2.75) is 128 Å². The summed E-state index contributed by atoms with van der Waals surface area (Å²) in [5, 5.41) is 17.5. The lowest BCUT2D eigenvalue weighted by molar-refractivity contribution is 0.282. The minimum Gasteiger partial charge on any atom is -0.396 e. The van der Waals surface area contributed by atoms with Gasteiger partial charge in [-0.05, 0) is 25.7 Å². The lowest BCUT2D eigenvalue weighted by atomic mass is 10.1. The summed E-state index contributed by atoms with van der Waals surface area (Å²) in [6.07, 6.45) is 24.2. The number of aliphatic hydroxyl groups is 2. The Hall–Kier alpha value is 0.110. The van der Waals surface area contributed by atoms with Gasteiger partial charge in [-0.3, -0.25) is 4.57 Å². The van der Waals surface area contributed by atoms with E-state index in [4.69, 9.17) is 10.2 Å². The summed E-state index contributed by atoms with van der Waals surface area (Å²) in [4.78, 5) is 10.1. The molecule has 0 bridgehead atoms. The first-order chi connectivity index (χ1) is 14.1. The molecule has 0 aromatic heterocycles. The Morgan fingerprint density at radius 3 is 0.828 bits per heavy atom. The largest absolute Gasteiger partial charge is 0.396 e. The van der Waals surface area contributed by atoms with Crippen molar-refractivity contribution in [3.05, 3.63) is 0 Å². The van der Waals surface area contributed by atoms with Crippen molar-refractivity contribution in [2.75, 3.05) is 25.5 Å². The van der Waals surface area contributed by atoms with E-state index in [9.17, 15) is 9.46 Å². The fourth-order valence-electron chi connectivity index (χ4n) is 3.88. The third kappa shape index (κ3) is 24.3. The Bertz CT molecular complexity index is 333. The van der Waals surface area contributed by atoms with Crippen LogP contribution in [-0.2, 0) is 4.57 Å². The van der Waals surface area contributed by atoms with Gasteiger partial charge in [0.1, 0.15) is 0 Å². The Morgan fingerprint density at radius 2 is 0.586 bits per heavy atom. The zero-order valence-corrected chi connectivity index (χ0v) is 20.1. The van der Waals surface area contributed by atoms with Gasteiger partial charge >= 0.3 is 0 Å². The Morgan fingerprint density at radius 1 is 0.379 bits per heavy atom. The number of hydrogen-bond acceptors (Lipinski definition) is 3. The molecule has 0 spiro atoms. The molecule has 3 N–H and O–H groups in total. The Labute approximate surface area is 181 Å². The van der Waals surface area contributed by atoms with Crippen LogP contribution in [0.3, 0.4) is 0 Å². The highest BCUT2D eigenvalue weighted by molar-refractivity contribution is 7.57. The van der Waals surface area contributed by atoms with E-state index >= 15 is 0 Å². The second-order valence-corrected chi connectivity index (χ2v) is 11.4. The van der Waals surface area contributed by atoms with Gasteiger partial charge in [0.25, 0.3) is 0 Å². The molecule has 4 nitrogen and oxygen atoms in total. The molecule has 176 valence electrons. The van der Waals surface area contributed by atoms with E-state index in [1.54, 1.807) is 0 Å². The molecule has 0 fully saturated rings. The number of aliphatic hydroxyl groups excluding tert-OH is 2. The summed E-state index contributed by atoms with van der Waals surface area (Å²) in [6, 6.07) is 0. The number of unbranched alkanes of at least 4 members (excludes halogenated alkanes) is 18. The van der Waals surface area contributed by atoms with Crippen LogP contribution in [0.5, 0.6) is 0 Å². The molecule has 0 saturated carbocycles. The van der Waals surface area contributed by atoms with Crippen LogP contribution in [0.1, 0.15) is 128 Å². The van der Waals surface area contributed by atoms with Gasteiger partial charge in [-0.15, -0.1) is 0 Å². The van der Waals surface area contributed by atoms with Crippen molar-refractivity contribution in [1.82, 2.24) is 0 Å². The van der Waals surface area contributed by atoms with E-state index in [-0.39, 0.29) is 0 Å². The van der Waals surface area contributed by atoms with Gasteiger partial charge in [0.2, 0.25) is 7.37 Å². The van der Waals surface area contributed by atoms with Gasteiger partial charge in [-0.25, -0.2) is 0 Å². The Kier molecular flexibility index (Phi) is 22.9. The fraction of sp³-hybridized carbons (Fsp3) is 1.00. The maximum atomic E-state index is 12.3. The molecule has 0 saturated heterocycles. The first-order valence-corrected chi connectivity index (χ1v) is 14.7. The normalized spacial score (nSPS) is 12.0. The van der Waals surface area contributed by atoms with Crippen LogP contribution in [0.25, 0.3) is 0 Å². The van der Waals surface area contributed by atoms with Gasteiger partial charge in [0, 0.05) is 25.5 Å². The summed E-state index contributed by atoms with van der Waals surface area (Å²) in [5.74, 6) is 0. The summed E-state index contributed by atoms with van der Waals surface area (Å²) < 4.78 is 12.3. The minimum atomic E-state index is -2.89. The molecule has 0 aliphatic rings. The van der Waals surface area contributed by atoms with Crippen molar-refractivity contribution in [3.8, 4) is 0 Å². The highest BCUT2D eigenvalue weighted by Crippen LogP contribution is 2.42. The molecule has 5 heteroatoms. The summed E-state index contributed by atoms with van der Waals surface area (Å²) in [6.45, 7) is 0.643. The molecule has 0 amide bonds. The van der Waals surface area contributed by atoms with E-state index in [1.807, 2.05) is 0 Å². The van der Waals surface area contributed by atoms with E-state index < -0.39 is 7.37 Å².